The summed E-state index contributed by atoms with van der Waals surface area (Å²) in [7, 11) is -8.07. The van der Waals surface area contributed by atoms with Gasteiger partial charge in [0.1, 0.15) is 5.82 Å². The van der Waals surface area contributed by atoms with Gasteiger partial charge in [0.15, 0.2) is 0 Å². The molecule has 0 aliphatic carbocycles. The maximum absolute atomic E-state index is 14.0. The van der Waals surface area contributed by atoms with Gasteiger partial charge in [-0.3, -0.25) is 4.72 Å². The van der Waals surface area contributed by atoms with Crippen LogP contribution < -0.4 is 9.86 Å². The Kier molecular flexibility index (Phi) is 6.05. The zero-order valence-electron chi connectivity index (χ0n) is 14.4. The van der Waals surface area contributed by atoms with E-state index in [2.05, 4.69) is 18.6 Å². The molecule has 0 aliphatic rings. The molecular formula is C17H21FN2O4S2. The minimum absolute atomic E-state index is 0.0132. The molecule has 2 aromatic carbocycles. The van der Waals surface area contributed by atoms with Crippen LogP contribution in [0.4, 0.5) is 10.1 Å². The second-order valence-electron chi connectivity index (χ2n) is 6.37. The summed E-state index contributed by atoms with van der Waals surface area (Å²) < 4.78 is 63.3. The molecule has 0 spiro atoms. The van der Waals surface area contributed by atoms with E-state index in [0.717, 1.165) is 30.5 Å². The first-order valence-electron chi connectivity index (χ1n) is 7.93. The summed E-state index contributed by atoms with van der Waals surface area (Å²) in [4.78, 5) is -0.451. The number of hydrogen-bond donors (Lipinski definition) is 2. The first-order valence-corrected chi connectivity index (χ1v) is 11.0. The molecule has 0 radical (unpaired) electrons. The van der Waals surface area contributed by atoms with Gasteiger partial charge in [-0.25, -0.2) is 26.4 Å². The zero-order valence-corrected chi connectivity index (χ0v) is 16.1. The highest BCUT2D eigenvalue weighted by Crippen LogP contribution is 2.22. The van der Waals surface area contributed by atoms with Crippen LogP contribution in [-0.2, 0) is 26.5 Å². The molecule has 142 valence electrons. The molecule has 0 atom stereocenters. The second-order valence-corrected chi connectivity index (χ2v) is 9.61. The van der Waals surface area contributed by atoms with Crippen LogP contribution in [0.1, 0.15) is 25.8 Å². The molecule has 0 heterocycles. The van der Waals surface area contributed by atoms with Crippen LogP contribution in [0.3, 0.4) is 0 Å². The molecule has 2 rings (SSSR count). The van der Waals surface area contributed by atoms with Crippen molar-refractivity contribution in [2.24, 2.45) is 11.1 Å². The normalized spacial score (nSPS) is 12.3. The minimum atomic E-state index is -4.07. The van der Waals surface area contributed by atoms with Crippen LogP contribution >= 0.6 is 0 Å². The summed E-state index contributed by atoms with van der Waals surface area (Å²) in [6.45, 7) is 4.22. The van der Waals surface area contributed by atoms with Crippen molar-refractivity contribution in [3.63, 3.8) is 0 Å². The highest BCUT2D eigenvalue weighted by atomic mass is 32.2. The molecule has 0 saturated carbocycles. The number of anilines is 1. The molecule has 0 bridgehead atoms. The van der Waals surface area contributed by atoms with Crippen LogP contribution in [-0.4, -0.2) is 16.8 Å². The van der Waals surface area contributed by atoms with Crippen molar-refractivity contribution in [3.8, 4) is 0 Å². The number of halogens is 1. The van der Waals surface area contributed by atoms with E-state index in [1.54, 1.807) is 12.1 Å². The number of nitrogens with one attached hydrogen (secondary N) is 1. The average Bonchev–Trinajstić information content (AvgIpc) is 2.54. The molecule has 0 fully saturated rings. The number of benzene rings is 2. The summed E-state index contributed by atoms with van der Waals surface area (Å²) in [6, 6.07) is 9.06. The molecule has 0 unspecified atom stereocenters. The van der Waals surface area contributed by atoms with Crippen molar-refractivity contribution in [1.82, 2.24) is 0 Å². The topological polar surface area (TPSA) is 106 Å². The number of primary sulfonamides is 1. The number of nitrogens with two attached hydrogens (primary N) is 1. The van der Waals surface area contributed by atoms with Gasteiger partial charge < -0.3 is 0 Å². The Bertz CT molecular complexity index is 986. The van der Waals surface area contributed by atoms with Crippen molar-refractivity contribution in [3.05, 3.63) is 53.8 Å². The fourth-order valence-corrected chi connectivity index (χ4v) is 3.84. The van der Waals surface area contributed by atoms with E-state index in [1.807, 2.05) is 0 Å². The van der Waals surface area contributed by atoms with Gasteiger partial charge in [-0.2, -0.15) is 0 Å². The van der Waals surface area contributed by atoms with Crippen molar-refractivity contribution in [2.75, 3.05) is 4.72 Å². The van der Waals surface area contributed by atoms with E-state index in [0.29, 0.717) is 12.0 Å². The van der Waals surface area contributed by atoms with Gasteiger partial charge in [0.25, 0.3) is 10.0 Å². The summed E-state index contributed by atoms with van der Waals surface area (Å²) >= 11 is 0. The first-order chi connectivity index (χ1) is 12.0. The fourth-order valence-electron chi connectivity index (χ4n) is 2.25. The average molecular weight is 400 g/mol. The number of sulfonamides is 2. The third-order valence-electron chi connectivity index (χ3n) is 3.76. The van der Waals surface area contributed by atoms with Crippen molar-refractivity contribution in [1.29, 1.82) is 0 Å². The highest BCUT2D eigenvalue weighted by Gasteiger charge is 2.18. The standard InChI is InChI=1S/C17H21FN2O4S2/c1-12(2)3-4-13-5-7-14(8-6-13)26(23,24)20-17-10-9-15(11-16(17)18)25(19,21)22/h5-12,20H,3-4H2,1-2H3,(H2,19,21,22). The largest absolute Gasteiger partial charge is 0.277 e. The highest BCUT2D eigenvalue weighted by molar-refractivity contribution is 7.92. The van der Waals surface area contributed by atoms with Crippen LogP contribution in [0.25, 0.3) is 0 Å². The molecule has 0 amide bonds. The molecule has 6 nitrogen and oxygen atoms in total. The monoisotopic (exact) mass is 400 g/mol. The molecule has 3 N–H and O–H groups in total. The van der Waals surface area contributed by atoms with Crippen LogP contribution in [0, 0.1) is 11.7 Å². The summed E-state index contributed by atoms with van der Waals surface area (Å²) in [6.07, 6.45) is 1.83. The maximum Gasteiger partial charge on any atom is 0.261 e. The lowest BCUT2D eigenvalue weighted by Gasteiger charge is -2.11. The minimum Gasteiger partial charge on any atom is -0.277 e. The van der Waals surface area contributed by atoms with E-state index >= 15 is 0 Å². The molecule has 9 heteroatoms. The van der Waals surface area contributed by atoms with E-state index < -0.39 is 30.8 Å². The maximum atomic E-state index is 14.0. The third-order valence-corrected chi connectivity index (χ3v) is 6.05. The molecular weight excluding hydrogens is 379 g/mol. The molecule has 2 aromatic rings. The van der Waals surface area contributed by atoms with Gasteiger partial charge in [-0.15, -0.1) is 0 Å². The quantitative estimate of drug-likeness (QED) is 0.745. The van der Waals surface area contributed by atoms with Gasteiger partial charge in [0.05, 0.1) is 15.5 Å². The van der Waals surface area contributed by atoms with E-state index in [-0.39, 0.29) is 10.6 Å². The van der Waals surface area contributed by atoms with Crippen molar-refractivity contribution in [2.45, 2.75) is 36.5 Å². The fraction of sp³-hybridized carbons (Fsp3) is 0.294. The Balaban J connectivity index is 2.21. The second kappa shape index (κ2) is 7.73. The lowest BCUT2D eigenvalue weighted by atomic mass is 10.0. The van der Waals surface area contributed by atoms with Gasteiger partial charge in [-0.1, -0.05) is 26.0 Å². The van der Waals surface area contributed by atoms with E-state index in [9.17, 15) is 21.2 Å². The Morgan fingerprint density at radius 3 is 2.08 bits per heavy atom. The third kappa shape index (κ3) is 5.26. The lowest BCUT2D eigenvalue weighted by molar-refractivity contribution is 0.586. The first kappa shape index (κ1) is 20.3. The van der Waals surface area contributed by atoms with Crippen LogP contribution in [0.15, 0.2) is 52.3 Å². The number of aryl methyl sites for hydroxylation is 1. The molecule has 0 saturated heterocycles. The number of hydrogen-bond acceptors (Lipinski definition) is 4. The summed E-state index contributed by atoms with van der Waals surface area (Å²) in [5.41, 5.74) is 0.655. The zero-order chi connectivity index (χ0) is 19.5. The van der Waals surface area contributed by atoms with Crippen LogP contribution in [0.2, 0.25) is 0 Å². The Morgan fingerprint density at radius 2 is 1.58 bits per heavy atom. The van der Waals surface area contributed by atoms with Crippen molar-refractivity contribution >= 4 is 25.7 Å². The van der Waals surface area contributed by atoms with Gasteiger partial charge in [0.2, 0.25) is 10.0 Å². The predicted molar refractivity (Wildman–Crippen MR) is 98.2 cm³/mol. The smallest absolute Gasteiger partial charge is 0.261 e. The Labute approximate surface area is 153 Å². The molecule has 26 heavy (non-hydrogen) atoms. The van der Waals surface area contributed by atoms with E-state index in [4.69, 9.17) is 5.14 Å². The van der Waals surface area contributed by atoms with Gasteiger partial charge >= 0.3 is 0 Å². The Hall–Kier alpha value is -1.97. The van der Waals surface area contributed by atoms with Crippen LogP contribution in [0.5, 0.6) is 0 Å². The Morgan fingerprint density at radius 1 is 1.00 bits per heavy atom. The summed E-state index contributed by atoms with van der Waals surface area (Å²) in [5.74, 6) is -0.489. The molecule has 0 aromatic heterocycles. The van der Waals surface area contributed by atoms with Gasteiger partial charge in [0, 0.05) is 0 Å². The lowest BCUT2D eigenvalue weighted by Crippen LogP contribution is -2.16. The van der Waals surface area contributed by atoms with Crippen molar-refractivity contribution < 1.29 is 21.2 Å². The SMILES string of the molecule is CC(C)CCc1ccc(S(=O)(=O)Nc2ccc(S(N)(=O)=O)cc2F)cc1. The number of rotatable bonds is 7. The predicted octanol–water partition coefficient (Wildman–Crippen LogP) is 2.86. The molecule has 0 aliphatic heterocycles. The van der Waals surface area contributed by atoms with E-state index in [1.165, 1.54) is 12.1 Å². The summed E-state index contributed by atoms with van der Waals surface area (Å²) in [5, 5.41) is 4.92. The van der Waals surface area contributed by atoms with Gasteiger partial charge in [-0.05, 0) is 54.7 Å².